The third-order valence-corrected chi connectivity index (χ3v) is 5.43. The second kappa shape index (κ2) is 6.69. The summed E-state index contributed by atoms with van der Waals surface area (Å²) in [4.78, 5) is 5.29. The minimum atomic E-state index is 0.677. The number of hydrogen-bond acceptors (Lipinski definition) is 3. The van der Waals surface area contributed by atoms with E-state index in [9.17, 15) is 0 Å². The summed E-state index contributed by atoms with van der Waals surface area (Å²) in [5.74, 6) is 0.986. The molecular weight excluding hydrogens is 240 g/mol. The Morgan fingerprint density at radius 3 is 2.44 bits per heavy atom. The van der Waals surface area contributed by atoms with Gasteiger partial charge >= 0.3 is 0 Å². The summed E-state index contributed by atoms with van der Waals surface area (Å²) in [7, 11) is 2.28. The maximum absolute atomic E-state index is 5.66. The average Bonchev–Trinajstić information content (AvgIpc) is 2.86. The van der Waals surface area contributed by atoms with Crippen LogP contribution in [0.5, 0.6) is 0 Å². The molecule has 0 saturated heterocycles. The highest BCUT2D eigenvalue weighted by Gasteiger charge is 2.23. The molecule has 0 aromatic carbocycles. The summed E-state index contributed by atoms with van der Waals surface area (Å²) in [5, 5.41) is 0. The Morgan fingerprint density at radius 2 is 1.89 bits per heavy atom. The summed E-state index contributed by atoms with van der Waals surface area (Å²) in [5.41, 5.74) is 5.66. The molecule has 18 heavy (non-hydrogen) atoms. The largest absolute Gasteiger partial charge is 0.326 e. The van der Waals surface area contributed by atoms with Crippen molar-refractivity contribution in [2.45, 2.75) is 58.2 Å². The van der Waals surface area contributed by atoms with Crippen molar-refractivity contribution in [2.24, 2.45) is 11.7 Å². The molecule has 2 nitrogen and oxygen atoms in total. The van der Waals surface area contributed by atoms with Crippen molar-refractivity contribution in [3.8, 4) is 0 Å². The minimum absolute atomic E-state index is 0.677. The van der Waals surface area contributed by atoms with Crippen molar-refractivity contribution in [1.29, 1.82) is 0 Å². The SMILES string of the molecule is CCC1CCC(N(C)Cc2ccc(CN)s2)CC1. The monoisotopic (exact) mass is 266 g/mol. The fourth-order valence-electron chi connectivity index (χ4n) is 2.99. The highest BCUT2D eigenvalue weighted by Crippen LogP contribution is 2.30. The highest BCUT2D eigenvalue weighted by molar-refractivity contribution is 7.11. The summed E-state index contributed by atoms with van der Waals surface area (Å²) >= 11 is 1.86. The van der Waals surface area contributed by atoms with E-state index in [1.807, 2.05) is 11.3 Å². The highest BCUT2D eigenvalue weighted by atomic mass is 32.1. The molecule has 2 rings (SSSR count). The molecule has 0 bridgehead atoms. The molecule has 1 aliphatic carbocycles. The Labute approximate surface area is 115 Å². The van der Waals surface area contributed by atoms with Gasteiger partial charge in [-0.15, -0.1) is 11.3 Å². The van der Waals surface area contributed by atoms with E-state index in [0.717, 1.165) is 18.5 Å². The van der Waals surface area contributed by atoms with Gasteiger partial charge in [-0.3, -0.25) is 4.90 Å². The molecule has 1 heterocycles. The van der Waals surface area contributed by atoms with Gasteiger partial charge in [0.15, 0.2) is 0 Å². The molecule has 2 N–H and O–H groups in total. The van der Waals surface area contributed by atoms with Crippen LogP contribution in [0.15, 0.2) is 12.1 Å². The van der Waals surface area contributed by atoms with Crippen LogP contribution in [0.1, 0.15) is 48.8 Å². The zero-order chi connectivity index (χ0) is 13.0. The lowest BCUT2D eigenvalue weighted by Crippen LogP contribution is -2.34. The van der Waals surface area contributed by atoms with E-state index in [4.69, 9.17) is 5.73 Å². The molecule has 0 spiro atoms. The first-order chi connectivity index (χ1) is 8.72. The Morgan fingerprint density at radius 1 is 1.22 bits per heavy atom. The molecule has 1 aromatic heterocycles. The minimum Gasteiger partial charge on any atom is -0.326 e. The standard InChI is InChI=1S/C15H26N2S/c1-3-12-4-6-13(7-5-12)17(2)11-15-9-8-14(10-16)18-15/h8-9,12-13H,3-7,10-11,16H2,1-2H3. The number of nitrogens with two attached hydrogens (primary N) is 1. The summed E-state index contributed by atoms with van der Waals surface area (Å²) < 4.78 is 0. The molecule has 0 aliphatic heterocycles. The van der Waals surface area contributed by atoms with Gasteiger partial charge in [0.2, 0.25) is 0 Å². The molecule has 1 aliphatic rings. The fourth-order valence-corrected chi connectivity index (χ4v) is 3.95. The van der Waals surface area contributed by atoms with E-state index in [0.29, 0.717) is 6.54 Å². The third-order valence-electron chi connectivity index (χ3n) is 4.34. The fraction of sp³-hybridized carbons (Fsp3) is 0.733. The summed E-state index contributed by atoms with van der Waals surface area (Å²) in [6.45, 7) is 4.09. The molecule has 0 radical (unpaired) electrons. The maximum Gasteiger partial charge on any atom is 0.0327 e. The second-order valence-electron chi connectivity index (χ2n) is 5.57. The first-order valence-electron chi connectivity index (χ1n) is 7.20. The predicted molar refractivity (Wildman–Crippen MR) is 79.7 cm³/mol. The van der Waals surface area contributed by atoms with Crippen LogP contribution in [-0.2, 0) is 13.1 Å². The van der Waals surface area contributed by atoms with Crippen LogP contribution >= 0.6 is 11.3 Å². The average molecular weight is 266 g/mol. The lowest BCUT2D eigenvalue weighted by molar-refractivity contribution is 0.158. The molecule has 0 unspecified atom stereocenters. The smallest absolute Gasteiger partial charge is 0.0327 e. The predicted octanol–water partition coefficient (Wildman–Crippen LogP) is 3.61. The van der Waals surface area contributed by atoms with Gasteiger partial charge < -0.3 is 5.73 Å². The van der Waals surface area contributed by atoms with Crippen LogP contribution in [0.4, 0.5) is 0 Å². The van der Waals surface area contributed by atoms with Crippen molar-refractivity contribution in [2.75, 3.05) is 7.05 Å². The van der Waals surface area contributed by atoms with Gasteiger partial charge in [-0.05, 0) is 50.8 Å². The van der Waals surface area contributed by atoms with Crippen LogP contribution in [-0.4, -0.2) is 18.0 Å². The zero-order valence-corrected chi connectivity index (χ0v) is 12.5. The number of nitrogens with zero attached hydrogens (tertiary/aromatic N) is 1. The van der Waals surface area contributed by atoms with Crippen LogP contribution in [0.25, 0.3) is 0 Å². The number of thiophene rings is 1. The van der Waals surface area contributed by atoms with Gasteiger partial charge in [-0.1, -0.05) is 13.3 Å². The van der Waals surface area contributed by atoms with Crippen LogP contribution in [0.3, 0.4) is 0 Å². The van der Waals surface area contributed by atoms with E-state index in [-0.39, 0.29) is 0 Å². The van der Waals surface area contributed by atoms with E-state index in [2.05, 4.69) is 31.0 Å². The van der Waals surface area contributed by atoms with Crippen molar-refractivity contribution < 1.29 is 0 Å². The molecule has 1 saturated carbocycles. The van der Waals surface area contributed by atoms with E-state index < -0.39 is 0 Å². The third kappa shape index (κ3) is 3.56. The topological polar surface area (TPSA) is 29.3 Å². The Balaban J connectivity index is 1.82. The van der Waals surface area contributed by atoms with Gasteiger partial charge in [0.05, 0.1) is 0 Å². The van der Waals surface area contributed by atoms with E-state index >= 15 is 0 Å². The molecule has 1 fully saturated rings. The quantitative estimate of drug-likeness (QED) is 0.882. The lowest BCUT2D eigenvalue weighted by atomic mass is 9.84. The van der Waals surface area contributed by atoms with Crippen LogP contribution < -0.4 is 5.73 Å². The lowest BCUT2D eigenvalue weighted by Gasteiger charge is -2.34. The van der Waals surface area contributed by atoms with E-state index in [1.165, 1.54) is 41.9 Å². The maximum atomic E-state index is 5.66. The zero-order valence-electron chi connectivity index (χ0n) is 11.7. The van der Waals surface area contributed by atoms with Crippen molar-refractivity contribution in [3.63, 3.8) is 0 Å². The van der Waals surface area contributed by atoms with Gasteiger partial charge in [0.25, 0.3) is 0 Å². The molecule has 0 amide bonds. The van der Waals surface area contributed by atoms with Gasteiger partial charge in [0, 0.05) is 28.9 Å². The molecule has 102 valence electrons. The van der Waals surface area contributed by atoms with Crippen molar-refractivity contribution >= 4 is 11.3 Å². The van der Waals surface area contributed by atoms with Gasteiger partial charge in [-0.2, -0.15) is 0 Å². The Hall–Kier alpha value is -0.380. The molecule has 3 heteroatoms. The first-order valence-corrected chi connectivity index (χ1v) is 8.02. The number of hydrogen-bond donors (Lipinski definition) is 1. The van der Waals surface area contributed by atoms with Gasteiger partial charge in [0.1, 0.15) is 0 Å². The molecule has 1 aromatic rings. The number of rotatable bonds is 5. The van der Waals surface area contributed by atoms with E-state index in [1.54, 1.807) is 0 Å². The normalized spacial score (nSPS) is 24.7. The Bertz CT molecular complexity index is 353. The van der Waals surface area contributed by atoms with Crippen molar-refractivity contribution in [1.82, 2.24) is 4.90 Å². The van der Waals surface area contributed by atoms with Crippen LogP contribution in [0, 0.1) is 5.92 Å². The van der Waals surface area contributed by atoms with Crippen LogP contribution in [0.2, 0.25) is 0 Å². The molecule has 0 atom stereocenters. The van der Waals surface area contributed by atoms with Crippen molar-refractivity contribution in [3.05, 3.63) is 21.9 Å². The first kappa shape index (κ1) is 14.0. The second-order valence-corrected chi connectivity index (χ2v) is 6.82. The molecular formula is C15H26N2S. The summed E-state index contributed by atoms with van der Waals surface area (Å²) in [6, 6.07) is 5.19. The van der Waals surface area contributed by atoms with Gasteiger partial charge in [-0.25, -0.2) is 0 Å². The Kier molecular flexibility index (Phi) is 5.22. The summed E-state index contributed by atoms with van der Waals surface area (Å²) in [6.07, 6.45) is 6.96.